The summed E-state index contributed by atoms with van der Waals surface area (Å²) in [5, 5.41) is 0. The fraction of sp³-hybridized carbons (Fsp3) is 0.294. The van der Waals surface area contributed by atoms with Gasteiger partial charge in [0.15, 0.2) is 6.61 Å². The molecule has 0 aliphatic heterocycles. The van der Waals surface area contributed by atoms with Crippen molar-refractivity contribution in [2.24, 2.45) is 0 Å². The zero-order valence-corrected chi connectivity index (χ0v) is 14.3. The van der Waals surface area contributed by atoms with Crippen LogP contribution < -0.4 is 9.47 Å². The number of ether oxygens (including phenoxy) is 3. The number of aryl methyl sites for hydroxylation is 2. The van der Waals surface area contributed by atoms with E-state index in [1.165, 1.54) is 20.3 Å². The summed E-state index contributed by atoms with van der Waals surface area (Å²) in [7, 11) is 2.96. The molecule has 1 aromatic heterocycles. The molecule has 122 valence electrons. The van der Waals surface area contributed by atoms with E-state index in [-0.39, 0.29) is 18.0 Å². The van der Waals surface area contributed by atoms with Crippen molar-refractivity contribution < 1.29 is 23.8 Å². The summed E-state index contributed by atoms with van der Waals surface area (Å²) < 4.78 is 15.4. The van der Waals surface area contributed by atoms with Crippen molar-refractivity contribution >= 4 is 23.1 Å². The number of methoxy groups -OCH3 is 2. The van der Waals surface area contributed by atoms with Crippen LogP contribution in [0.5, 0.6) is 11.5 Å². The second kappa shape index (κ2) is 7.28. The maximum atomic E-state index is 12.2. The van der Waals surface area contributed by atoms with Gasteiger partial charge in [0.2, 0.25) is 5.78 Å². The summed E-state index contributed by atoms with van der Waals surface area (Å²) in [5.74, 6) is 0.0277. The molecule has 0 atom stereocenters. The first kappa shape index (κ1) is 17.0. The summed E-state index contributed by atoms with van der Waals surface area (Å²) in [6.07, 6.45) is 0. The van der Waals surface area contributed by atoms with Gasteiger partial charge < -0.3 is 14.2 Å². The summed E-state index contributed by atoms with van der Waals surface area (Å²) in [6.45, 7) is 3.50. The third-order valence-corrected chi connectivity index (χ3v) is 4.27. The Morgan fingerprint density at radius 1 is 1.04 bits per heavy atom. The Bertz CT molecular complexity index is 733. The normalized spacial score (nSPS) is 10.3. The number of benzene rings is 1. The van der Waals surface area contributed by atoms with Crippen LogP contribution in [0.3, 0.4) is 0 Å². The average Bonchev–Trinajstić information content (AvgIpc) is 2.90. The van der Waals surface area contributed by atoms with Crippen LogP contribution in [0.4, 0.5) is 0 Å². The van der Waals surface area contributed by atoms with Gasteiger partial charge >= 0.3 is 5.97 Å². The highest BCUT2D eigenvalue weighted by atomic mass is 32.1. The maximum absolute atomic E-state index is 12.2. The molecule has 5 nitrogen and oxygen atoms in total. The molecule has 23 heavy (non-hydrogen) atoms. The van der Waals surface area contributed by atoms with Gasteiger partial charge in [-0.25, -0.2) is 4.79 Å². The van der Waals surface area contributed by atoms with Gasteiger partial charge in [-0.2, -0.15) is 0 Å². The number of Topliss-reactive ketones (excluding diaryl/α,β-unsaturated/α-hetero) is 1. The number of thiophene rings is 1. The lowest BCUT2D eigenvalue weighted by Gasteiger charge is -2.10. The van der Waals surface area contributed by atoms with Crippen molar-refractivity contribution in [3.05, 3.63) is 45.1 Å². The molecule has 0 radical (unpaired) electrons. The Kier molecular flexibility index (Phi) is 5.39. The van der Waals surface area contributed by atoms with E-state index in [1.807, 2.05) is 19.9 Å². The molecule has 0 amide bonds. The quantitative estimate of drug-likeness (QED) is 0.598. The molecule has 6 heteroatoms. The van der Waals surface area contributed by atoms with Gasteiger partial charge in [-0.1, -0.05) is 0 Å². The van der Waals surface area contributed by atoms with E-state index in [1.54, 1.807) is 23.5 Å². The molecule has 0 bridgehead atoms. The highest BCUT2D eigenvalue weighted by molar-refractivity contribution is 7.12. The van der Waals surface area contributed by atoms with E-state index in [0.717, 1.165) is 9.75 Å². The number of esters is 1. The lowest BCUT2D eigenvalue weighted by molar-refractivity contribution is 0.0471. The molecule has 0 saturated heterocycles. The SMILES string of the molecule is COc1ccc(OC)c(C(=O)OCC(=O)c2cc(C)sc2C)c1. The van der Waals surface area contributed by atoms with Gasteiger partial charge in [0.25, 0.3) is 0 Å². The molecule has 0 N–H and O–H groups in total. The number of rotatable bonds is 6. The number of hydrogen-bond donors (Lipinski definition) is 0. The van der Waals surface area contributed by atoms with Crippen LogP contribution in [-0.2, 0) is 4.74 Å². The molecule has 0 saturated carbocycles. The second-order valence-electron chi connectivity index (χ2n) is 4.89. The summed E-state index contributed by atoms with van der Waals surface area (Å²) in [5.41, 5.74) is 0.816. The molecule has 1 heterocycles. The molecule has 2 aromatic rings. The Labute approximate surface area is 138 Å². The van der Waals surface area contributed by atoms with E-state index in [0.29, 0.717) is 17.1 Å². The van der Waals surface area contributed by atoms with Crippen LogP contribution in [0.15, 0.2) is 24.3 Å². The molecule has 0 aliphatic rings. The standard InChI is InChI=1S/C17H18O5S/c1-10-7-13(11(2)23-10)15(18)9-22-17(19)14-8-12(20-3)5-6-16(14)21-4/h5-8H,9H2,1-4H3. The first-order valence-corrected chi connectivity index (χ1v) is 7.77. The Morgan fingerprint density at radius 2 is 1.78 bits per heavy atom. The minimum atomic E-state index is -0.626. The lowest BCUT2D eigenvalue weighted by atomic mass is 10.1. The van der Waals surface area contributed by atoms with Gasteiger partial charge in [0.1, 0.15) is 17.1 Å². The predicted molar refractivity (Wildman–Crippen MR) is 88.0 cm³/mol. The number of carbonyl (C=O) groups excluding carboxylic acids is 2. The fourth-order valence-electron chi connectivity index (χ4n) is 2.17. The molecule has 2 rings (SSSR count). The molecule has 0 spiro atoms. The monoisotopic (exact) mass is 334 g/mol. The van der Waals surface area contributed by atoms with E-state index in [4.69, 9.17) is 14.2 Å². The first-order chi connectivity index (χ1) is 11.0. The van der Waals surface area contributed by atoms with Crippen LogP contribution in [0.25, 0.3) is 0 Å². The smallest absolute Gasteiger partial charge is 0.342 e. The summed E-state index contributed by atoms with van der Waals surface area (Å²) >= 11 is 1.54. The minimum Gasteiger partial charge on any atom is -0.497 e. The van der Waals surface area contributed by atoms with Crippen LogP contribution in [0, 0.1) is 13.8 Å². The molecular weight excluding hydrogens is 316 g/mol. The maximum Gasteiger partial charge on any atom is 0.342 e. The Balaban J connectivity index is 2.10. The fourth-order valence-corrected chi connectivity index (χ4v) is 3.11. The average molecular weight is 334 g/mol. The highest BCUT2D eigenvalue weighted by Crippen LogP contribution is 2.25. The molecule has 0 unspecified atom stereocenters. The molecule has 1 aromatic carbocycles. The molecular formula is C17H18O5S. The van der Waals surface area contributed by atoms with Gasteiger partial charge in [0, 0.05) is 15.3 Å². The zero-order chi connectivity index (χ0) is 17.0. The topological polar surface area (TPSA) is 61.8 Å². The van der Waals surface area contributed by atoms with Crippen LogP contribution in [-0.4, -0.2) is 32.6 Å². The van der Waals surface area contributed by atoms with Crippen molar-refractivity contribution in [1.82, 2.24) is 0 Å². The van der Waals surface area contributed by atoms with E-state index in [2.05, 4.69) is 0 Å². The highest BCUT2D eigenvalue weighted by Gasteiger charge is 2.18. The van der Waals surface area contributed by atoms with Crippen molar-refractivity contribution in [1.29, 1.82) is 0 Å². The number of hydrogen-bond acceptors (Lipinski definition) is 6. The van der Waals surface area contributed by atoms with E-state index in [9.17, 15) is 9.59 Å². The van der Waals surface area contributed by atoms with Gasteiger partial charge in [-0.15, -0.1) is 11.3 Å². The summed E-state index contributed by atoms with van der Waals surface area (Å²) in [4.78, 5) is 26.3. The van der Waals surface area contributed by atoms with Crippen molar-refractivity contribution in [3.63, 3.8) is 0 Å². The third kappa shape index (κ3) is 3.90. The van der Waals surface area contributed by atoms with Crippen LogP contribution in [0.2, 0.25) is 0 Å². The largest absolute Gasteiger partial charge is 0.497 e. The molecule has 0 aliphatic carbocycles. The Morgan fingerprint density at radius 3 is 2.35 bits per heavy atom. The predicted octanol–water partition coefficient (Wildman–Crippen LogP) is 3.42. The van der Waals surface area contributed by atoms with E-state index < -0.39 is 5.97 Å². The van der Waals surface area contributed by atoms with Crippen molar-refractivity contribution in [2.45, 2.75) is 13.8 Å². The first-order valence-electron chi connectivity index (χ1n) is 6.95. The van der Waals surface area contributed by atoms with Crippen LogP contribution >= 0.6 is 11.3 Å². The van der Waals surface area contributed by atoms with Crippen LogP contribution in [0.1, 0.15) is 30.5 Å². The van der Waals surface area contributed by atoms with Crippen molar-refractivity contribution in [2.75, 3.05) is 20.8 Å². The van der Waals surface area contributed by atoms with Gasteiger partial charge in [-0.3, -0.25) is 4.79 Å². The minimum absolute atomic E-state index is 0.220. The van der Waals surface area contributed by atoms with E-state index >= 15 is 0 Å². The second-order valence-corrected chi connectivity index (χ2v) is 6.35. The summed E-state index contributed by atoms with van der Waals surface area (Å²) in [6, 6.07) is 6.62. The van der Waals surface area contributed by atoms with Gasteiger partial charge in [-0.05, 0) is 38.1 Å². The zero-order valence-electron chi connectivity index (χ0n) is 13.5. The van der Waals surface area contributed by atoms with Gasteiger partial charge in [0.05, 0.1) is 14.2 Å². The van der Waals surface area contributed by atoms with Crippen molar-refractivity contribution in [3.8, 4) is 11.5 Å². The number of ketones is 1. The third-order valence-electron chi connectivity index (χ3n) is 3.30. The number of carbonyl (C=O) groups is 2. The molecule has 0 fully saturated rings. The Hall–Kier alpha value is -2.34. The lowest BCUT2D eigenvalue weighted by Crippen LogP contribution is -2.15.